The van der Waals surface area contributed by atoms with Crippen LogP contribution in [0.1, 0.15) is 31.7 Å². The summed E-state index contributed by atoms with van der Waals surface area (Å²) in [6, 6.07) is 8.09. The number of para-hydroxylation sites is 1. The van der Waals surface area contributed by atoms with Crippen LogP contribution in [-0.4, -0.2) is 24.5 Å². The maximum Gasteiger partial charge on any atom is 0.225 e. The minimum atomic E-state index is 0. The Labute approximate surface area is 136 Å². The first-order valence-electron chi connectivity index (χ1n) is 6.51. The van der Waals surface area contributed by atoms with Gasteiger partial charge in [-0.25, -0.2) is 0 Å². The van der Waals surface area contributed by atoms with Gasteiger partial charge in [0, 0.05) is 24.1 Å². The summed E-state index contributed by atoms with van der Waals surface area (Å²) in [7, 11) is 0. The van der Waals surface area contributed by atoms with Gasteiger partial charge in [0.25, 0.3) is 0 Å². The van der Waals surface area contributed by atoms with Crippen LogP contribution in [-0.2, 0) is 4.79 Å². The number of carbonyl (C=O) groups excluding carboxylic acids is 1. The topological polar surface area (TPSA) is 79.5 Å². The molecule has 1 aromatic rings. The third-order valence-corrected chi connectivity index (χ3v) is 3.03. The van der Waals surface area contributed by atoms with Crippen molar-refractivity contribution >= 4 is 41.5 Å². The highest BCUT2D eigenvalue weighted by Crippen LogP contribution is 2.31. The minimum Gasteiger partial charge on any atom is -0.370 e. The highest BCUT2D eigenvalue weighted by Gasteiger charge is 2.24. The first-order valence-corrected chi connectivity index (χ1v) is 6.51. The Morgan fingerprint density at radius 2 is 2.20 bits per heavy atom. The number of rotatable bonds is 3. The van der Waals surface area contributed by atoms with Gasteiger partial charge in [-0.05, 0) is 25.5 Å². The second-order valence-electron chi connectivity index (χ2n) is 5.06. The van der Waals surface area contributed by atoms with Crippen molar-refractivity contribution in [2.45, 2.75) is 32.2 Å². The molecule has 1 atom stereocenters. The number of nitrogens with zero attached hydrogens (tertiary/aromatic N) is 1. The number of nitrogens with two attached hydrogens (primary N) is 1. The fourth-order valence-corrected chi connectivity index (χ4v) is 2.21. The number of anilines is 1. The Morgan fingerprint density at radius 1 is 1.50 bits per heavy atom. The molecule has 4 N–H and O–H groups in total. The molecule has 5 nitrogen and oxygen atoms in total. The molecule has 0 radical (unpaired) electrons. The number of fused-ring (bicyclic) bond motifs is 1. The first-order chi connectivity index (χ1) is 9.06. The zero-order valence-corrected chi connectivity index (χ0v) is 14.0. The van der Waals surface area contributed by atoms with Crippen LogP contribution in [0, 0.1) is 0 Å². The smallest absolute Gasteiger partial charge is 0.225 e. The van der Waals surface area contributed by atoms with Gasteiger partial charge in [-0.1, -0.05) is 18.2 Å². The third kappa shape index (κ3) is 4.36. The van der Waals surface area contributed by atoms with Crippen molar-refractivity contribution in [2.75, 3.05) is 11.9 Å². The molecule has 1 aromatic carbocycles. The van der Waals surface area contributed by atoms with Gasteiger partial charge in [-0.3, -0.25) is 9.79 Å². The van der Waals surface area contributed by atoms with Crippen molar-refractivity contribution in [2.24, 2.45) is 10.7 Å². The molecular formula is C14H21IN4O. The van der Waals surface area contributed by atoms with E-state index in [9.17, 15) is 4.79 Å². The highest BCUT2D eigenvalue weighted by atomic mass is 127. The van der Waals surface area contributed by atoms with E-state index in [0.717, 1.165) is 11.3 Å². The quantitative estimate of drug-likeness (QED) is 0.421. The molecular weight excluding hydrogens is 367 g/mol. The number of guanidine groups is 1. The Balaban J connectivity index is 0.00000200. The lowest BCUT2D eigenvalue weighted by Gasteiger charge is -2.24. The molecule has 1 amide bonds. The zero-order valence-electron chi connectivity index (χ0n) is 11.7. The summed E-state index contributed by atoms with van der Waals surface area (Å²) >= 11 is 0. The monoisotopic (exact) mass is 388 g/mol. The largest absolute Gasteiger partial charge is 0.370 e. The number of aliphatic imine (C=N–C) groups is 1. The van der Waals surface area contributed by atoms with Gasteiger partial charge < -0.3 is 16.4 Å². The van der Waals surface area contributed by atoms with Crippen LogP contribution < -0.4 is 16.4 Å². The molecule has 0 aliphatic carbocycles. The standard InChI is InChI=1S/C14H20N4O.HI/c1-9(2)17-14(15)16-8-10-7-13(19)18-12-6-4-3-5-11(10)12;/h3-6,9-10H,7-8H2,1-2H3,(H,18,19)(H3,15,16,17);1H. The summed E-state index contributed by atoms with van der Waals surface area (Å²) in [5.41, 5.74) is 7.80. The lowest BCUT2D eigenvalue weighted by molar-refractivity contribution is -0.116. The molecule has 0 saturated heterocycles. The van der Waals surface area contributed by atoms with Crippen molar-refractivity contribution < 1.29 is 4.79 Å². The SMILES string of the molecule is CC(C)NC(N)=NCC1CC(=O)Nc2ccccc21.I. The number of amides is 1. The van der Waals surface area contributed by atoms with Crippen molar-refractivity contribution in [1.82, 2.24) is 5.32 Å². The lowest BCUT2D eigenvalue weighted by atomic mass is 9.91. The van der Waals surface area contributed by atoms with Crippen LogP contribution >= 0.6 is 24.0 Å². The van der Waals surface area contributed by atoms with Crippen molar-refractivity contribution in [3.05, 3.63) is 29.8 Å². The zero-order chi connectivity index (χ0) is 13.8. The molecule has 1 aliphatic heterocycles. The molecule has 1 unspecified atom stereocenters. The van der Waals surface area contributed by atoms with Crippen molar-refractivity contribution in [3.63, 3.8) is 0 Å². The molecule has 110 valence electrons. The van der Waals surface area contributed by atoms with E-state index in [1.165, 1.54) is 0 Å². The molecule has 0 fully saturated rings. The van der Waals surface area contributed by atoms with Crippen molar-refractivity contribution in [1.29, 1.82) is 0 Å². The summed E-state index contributed by atoms with van der Waals surface area (Å²) < 4.78 is 0. The van der Waals surface area contributed by atoms with E-state index in [2.05, 4.69) is 15.6 Å². The van der Waals surface area contributed by atoms with Crippen LogP contribution in [0.25, 0.3) is 0 Å². The lowest BCUT2D eigenvalue weighted by Crippen LogP contribution is -2.37. The van der Waals surface area contributed by atoms with Gasteiger partial charge in [0.2, 0.25) is 5.91 Å². The average Bonchev–Trinajstić information content (AvgIpc) is 2.35. The molecule has 2 rings (SSSR count). The summed E-state index contributed by atoms with van der Waals surface area (Å²) in [6.45, 7) is 4.54. The van der Waals surface area contributed by atoms with Gasteiger partial charge in [0.05, 0.1) is 6.54 Å². The Morgan fingerprint density at radius 3 is 2.90 bits per heavy atom. The molecule has 0 saturated carbocycles. The minimum absolute atomic E-state index is 0. The fraction of sp³-hybridized carbons (Fsp3) is 0.429. The number of halogens is 1. The van der Waals surface area contributed by atoms with Crippen molar-refractivity contribution in [3.8, 4) is 0 Å². The number of nitrogens with one attached hydrogen (secondary N) is 2. The fourth-order valence-electron chi connectivity index (χ4n) is 2.21. The van der Waals surface area contributed by atoms with Crippen LogP contribution in [0.5, 0.6) is 0 Å². The molecule has 6 heteroatoms. The molecule has 0 spiro atoms. The van der Waals surface area contributed by atoms with Crippen LogP contribution in [0.4, 0.5) is 5.69 Å². The Kier molecular flexibility index (Phi) is 6.25. The van der Waals surface area contributed by atoms with Gasteiger partial charge in [0.1, 0.15) is 0 Å². The van der Waals surface area contributed by atoms with Gasteiger partial charge in [0.15, 0.2) is 5.96 Å². The Hall–Kier alpha value is -1.31. The second-order valence-corrected chi connectivity index (χ2v) is 5.06. The number of hydrogen-bond donors (Lipinski definition) is 3. The van der Waals surface area contributed by atoms with Crippen LogP contribution in [0.3, 0.4) is 0 Å². The number of carbonyl (C=O) groups is 1. The second kappa shape index (κ2) is 7.47. The first kappa shape index (κ1) is 16.7. The number of benzene rings is 1. The Bertz CT molecular complexity index is 502. The van der Waals surface area contributed by atoms with E-state index >= 15 is 0 Å². The van der Waals surface area contributed by atoms with Gasteiger partial charge in [-0.15, -0.1) is 24.0 Å². The summed E-state index contributed by atoms with van der Waals surface area (Å²) in [6.07, 6.45) is 0.454. The summed E-state index contributed by atoms with van der Waals surface area (Å²) in [5.74, 6) is 0.560. The van der Waals surface area contributed by atoms with Crippen LogP contribution in [0.2, 0.25) is 0 Å². The number of hydrogen-bond acceptors (Lipinski definition) is 2. The molecule has 0 aromatic heterocycles. The van der Waals surface area contributed by atoms with Gasteiger partial charge >= 0.3 is 0 Å². The maximum absolute atomic E-state index is 11.7. The normalized spacial score (nSPS) is 18.1. The van der Waals surface area contributed by atoms with E-state index in [1.54, 1.807) is 0 Å². The molecule has 1 aliphatic rings. The molecule has 20 heavy (non-hydrogen) atoms. The van der Waals surface area contributed by atoms with Gasteiger partial charge in [-0.2, -0.15) is 0 Å². The summed E-state index contributed by atoms with van der Waals surface area (Å²) in [4.78, 5) is 16.0. The predicted octanol–water partition coefficient (Wildman–Crippen LogP) is 2.04. The van der Waals surface area contributed by atoms with E-state index in [1.807, 2.05) is 38.1 Å². The molecule has 1 heterocycles. The highest BCUT2D eigenvalue weighted by molar-refractivity contribution is 14.0. The summed E-state index contributed by atoms with van der Waals surface area (Å²) in [5, 5.41) is 5.92. The van der Waals surface area contributed by atoms with E-state index in [4.69, 9.17) is 5.73 Å². The predicted molar refractivity (Wildman–Crippen MR) is 92.6 cm³/mol. The molecule has 0 bridgehead atoms. The third-order valence-electron chi connectivity index (χ3n) is 3.03. The van der Waals surface area contributed by atoms with E-state index in [0.29, 0.717) is 18.9 Å². The van der Waals surface area contributed by atoms with E-state index in [-0.39, 0.29) is 41.8 Å². The van der Waals surface area contributed by atoms with E-state index < -0.39 is 0 Å². The average molecular weight is 388 g/mol. The maximum atomic E-state index is 11.7. The van der Waals surface area contributed by atoms with Crippen LogP contribution in [0.15, 0.2) is 29.3 Å².